The summed E-state index contributed by atoms with van der Waals surface area (Å²) in [5, 5.41) is 0. The summed E-state index contributed by atoms with van der Waals surface area (Å²) in [6.45, 7) is 2.18. The maximum absolute atomic E-state index is 10.6. The molecule has 1 saturated heterocycles. The summed E-state index contributed by atoms with van der Waals surface area (Å²) in [6, 6.07) is 1.75. The molecule has 1 aliphatic rings. The smallest absolute Gasteiger partial charge is 0.185 e. The first-order chi connectivity index (χ1) is 7.20. The minimum Gasteiger partial charge on any atom is -0.457 e. The van der Waals surface area contributed by atoms with E-state index in [1.54, 1.807) is 6.07 Å². The van der Waals surface area contributed by atoms with Crippen LogP contribution in [-0.2, 0) is 0 Å². The molecule has 3 nitrogen and oxygen atoms in total. The lowest BCUT2D eigenvalue weighted by Gasteiger charge is -2.27. The standard InChI is InChI=1S/C11H14BrNO2/c1-13-4-2-8(3-5-13)11-10(12)6-9(7-14)15-11/h6-8H,2-5H2,1H3. The van der Waals surface area contributed by atoms with Gasteiger partial charge in [0, 0.05) is 12.0 Å². The molecule has 15 heavy (non-hydrogen) atoms. The normalized spacial score (nSPS) is 19.3. The van der Waals surface area contributed by atoms with Crippen molar-refractivity contribution in [1.82, 2.24) is 4.90 Å². The highest BCUT2D eigenvalue weighted by atomic mass is 79.9. The molecule has 2 heterocycles. The van der Waals surface area contributed by atoms with E-state index in [4.69, 9.17) is 4.42 Å². The Balaban J connectivity index is 2.14. The average Bonchev–Trinajstić information content (AvgIpc) is 2.61. The van der Waals surface area contributed by atoms with Gasteiger partial charge in [-0.3, -0.25) is 4.79 Å². The molecule has 0 aliphatic carbocycles. The quantitative estimate of drug-likeness (QED) is 0.776. The highest BCUT2D eigenvalue weighted by Crippen LogP contribution is 2.34. The molecule has 1 aromatic rings. The molecule has 0 N–H and O–H groups in total. The highest BCUT2D eigenvalue weighted by Gasteiger charge is 2.23. The highest BCUT2D eigenvalue weighted by molar-refractivity contribution is 9.10. The zero-order valence-electron chi connectivity index (χ0n) is 8.70. The van der Waals surface area contributed by atoms with E-state index < -0.39 is 0 Å². The fourth-order valence-electron chi connectivity index (χ4n) is 2.01. The SMILES string of the molecule is CN1CCC(c2oc(C=O)cc2Br)CC1. The van der Waals surface area contributed by atoms with Gasteiger partial charge in [-0.05, 0) is 48.9 Å². The van der Waals surface area contributed by atoms with Crippen LogP contribution in [0.15, 0.2) is 15.0 Å². The number of carbonyl (C=O) groups is 1. The maximum Gasteiger partial charge on any atom is 0.185 e. The Labute approximate surface area is 97.6 Å². The summed E-state index contributed by atoms with van der Waals surface area (Å²) < 4.78 is 6.43. The maximum atomic E-state index is 10.6. The molecule has 1 fully saturated rings. The van der Waals surface area contributed by atoms with Crippen molar-refractivity contribution >= 4 is 22.2 Å². The van der Waals surface area contributed by atoms with E-state index in [0.29, 0.717) is 11.7 Å². The van der Waals surface area contributed by atoms with E-state index in [-0.39, 0.29) is 0 Å². The third kappa shape index (κ3) is 2.32. The van der Waals surface area contributed by atoms with Gasteiger partial charge in [0.15, 0.2) is 12.0 Å². The zero-order valence-corrected chi connectivity index (χ0v) is 10.3. The third-order valence-corrected chi connectivity index (χ3v) is 3.56. The molecular weight excluding hydrogens is 258 g/mol. The molecule has 1 aromatic heterocycles. The Hall–Kier alpha value is -0.610. The Morgan fingerprint density at radius 3 is 2.73 bits per heavy atom. The number of halogens is 1. The van der Waals surface area contributed by atoms with E-state index >= 15 is 0 Å². The largest absolute Gasteiger partial charge is 0.457 e. The molecule has 0 aromatic carbocycles. The topological polar surface area (TPSA) is 33.5 Å². The predicted octanol–water partition coefficient (Wildman–Crippen LogP) is 2.66. The van der Waals surface area contributed by atoms with Gasteiger partial charge in [0.25, 0.3) is 0 Å². The van der Waals surface area contributed by atoms with Crippen LogP contribution in [0.3, 0.4) is 0 Å². The van der Waals surface area contributed by atoms with Crippen molar-refractivity contribution in [2.24, 2.45) is 0 Å². The minimum absolute atomic E-state index is 0.413. The summed E-state index contributed by atoms with van der Waals surface area (Å²) in [6.07, 6.45) is 2.95. The van der Waals surface area contributed by atoms with Gasteiger partial charge in [-0.1, -0.05) is 0 Å². The summed E-state index contributed by atoms with van der Waals surface area (Å²) >= 11 is 3.44. The lowest BCUT2D eigenvalue weighted by atomic mass is 9.95. The number of furan rings is 1. The average molecular weight is 272 g/mol. The first kappa shape index (κ1) is 10.9. The van der Waals surface area contributed by atoms with E-state index in [2.05, 4.69) is 27.9 Å². The van der Waals surface area contributed by atoms with Gasteiger partial charge in [-0.15, -0.1) is 0 Å². The molecule has 0 unspecified atom stereocenters. The van der Waals surface area contributed by atoms with Crippen molar-refractivity contribution in [3.8, 4) is 0 Å². The third-order valence-electron chi connectivity index (χ3n) is 2.94. The second-order valence-electron chi connectivity index (χ2n) is 4.06. The van der Waals surface area contributed by atoms with E-state index in [1.165, 1.54) is 0 Å². The number of nitrogens with zero attached hydrogens (tertiary/aromatic N) is 1. The van der Waals surface area contributed by atoms with Crippen LogP contribution in [0.1, 0.15) is 35.1 Å². The van der Waals surface area contributed by atoms with Crippen molar-refractivity contribution < 1.29 is 9.21 Å². The molecule has 2 rings (SSSR count). The number of hydrogen-bond donors (Lipinski definition) is 0. The van der Waals surface area contributed by atoms with Crippen LogP contribution >= 0.6 is 15.9 Å². The monoisotopic (exact) mass is 271 g/mol. The van der Waals surface area contributed by atoms with Crippen LogP contribution in [0, 0.1) is 0 Å². The Morgan fingerprint density at radius 2 is 2.20 bits per heavy atom. The Kier molecular flexibility index (Phi) is 3.26. The summed E-state index contributed by atoms with van der Waals surface area (Å²) in [5.74, 6) is 1.80. The van der Waals surface area contributed by atoms with Gasteiger partial charge in [0.05, 0.1) is 4.47 Å². The molecule has 4 heteroatoms. The number of rotatable bonds is 2. The van der Waals surface area contributed by atoms with E-state index in [0.717, 1.165) is 42.5 Å². The van der Waals surface area contributed by atoms with Crippen LogP contribution in [0.25, 0.3) is 0 Å². The zero-order chi connectivity index (χ0) is 10.8. The van der Waals surface area contributed by atoms with Crippen molar-refractivity contribution in [2.45, 2.75) is 18.8 Å². The number of likely N-dealkylation sites (tertiary alicyclic amines) is 1. The van der Waals surface area contributed by atoms with Gasteiger partial charge < -0.3 is 9.32 Å². The van der Waals surface area contributed by atoms with Crippen LogP contribution in [0.4, 0.5) is 0 Å². The fourth-order valence-corrected chi connectivity index (χ4v) is 2.64. The lowest BCUT2D eigenvalue weighted by Crippen LogP contribution is -2.29. The lowest BCUT2D eigenvalue weighted by molar-refractivity contribution is 0.109. The Bertz CT molecular complexity index is 353. The summed E-state index contributed by atoms with van der Waals surface area (Å²) in [4.78, 5) is 12.9. The second kappa shape index (κ2) is 4.49. The second-order valence-corrected chi connectivity index (χ2v) is 4.91. The van der Waals surface area contributed by atoms with Crippen molar-refractivity contribution in [3.63, 3.8) is 0 Å². The molecule has 82 valence electrons. The number of carbonyl (C=O) groups excluding carboxylic acids is 1. The van der Waals surface area contributed by atoms with E-state index in [9.17, 15) is 4.79 Å². The minimum atomic E-state index is 0.413. The van der Waals surface area contributed by atoms with Crippen molar-refractivity contribution in [3.05, 3.63) is 22.1 Å². The van der Waals surface area contributed by atoms with Crippen molar-refractivity contribution in [1.29, 1.82) is 0 Å². The van der Waals surface area contributed by atoms with Gasteiger partial charge in [0.2, 0.25) is 0 Å². The fraction of sp³-hybridized carbons (Fsp3) is 0.545. The van der Waals surface area contributed by atoms with Crippen molar-refractivity contribution in [2.75, 3.05) is 20.1 Å². The molecule has 0 amide bonds. The van der Waals surface area contributed by atoms with Gasteiger partial charge >= 0.3 is 0 Å². The molecule has 0 spiro atoms. The Morgan fingerprint density at radius 1 is 1.53 bits per heavy atom. The van der Waals surface area contributed by atoms with Gasteiger partial charge in [0.1, 0.15) is 5.76 Å². The van der Waals surface area contributed by atoms with Gasteiger partial charge in [-0.25, -0.2) is 0 Å². The number of hydrogen-bond acceptors (Lipinski definition) is 3. The van der Waals surface area contributed by atoms with Gasteiger partial charge in [-0.2, -0.15) is 0 Å². The molecule has 1 aliphatic heterocycles. The summed E-state index contributed by atoms with van der Waals surface area (Å²) in [5.41, 5.74) is 0. The number of aldehydes is 1. The molecule has 0 bridgehead atoms. The first-order valence-corrected chi connectivity index (χ1v) is 5.93. The summed E-state index contributed by atoms with van der Waals surface area (Å²) in [7, 11) is 2.13. The molecular formula is C11H14BrNO2. The van der Waals surface area contributed by atoms with Crippen LogP contribution in [-0.4, -0.2) is 31.3 Å². The van der Waals surface area contributed by atoms with E-state index in [1.807, 2.05) is 0 Å². The number of piperidine rings is 1. The molecule has 0 saturated carbocycles. The first-order valence-electron chi connectivity index (χ1n) is 5.13. The predicted molar refractivity (Wildman–Crippen MR) is 61.3 cm³/mol. The van der Waals surface area contributed by atoms with Crippen LogP contribution in [0.5, 0.6) is 0 Å². The molecule has 0 radical (unpaired) electrons. The van der Waals surface area contributed by atoms with Crippen LogP contribution in [0.2, 0.25) is 0 Å². The molecule has 0 atom stereocenters. The van der Waals surface area contributed by atoms with Crippen LogP contribution < -0.4 is 0 Å².